The van der Waals surface area contributed by atoms with E-state index < -0.39 is 0 Å². The Morgan fingerprint density at radius 1 is 1.26 bits per heavy atom. The Balaban J connectivity index is 1.85. The van der Waals surface area contributed by atoms with Crippen LogP contribution in [0.25, 0.3) is 0 Å². The zero-order valence-corrected chi connectivity index (χ0v) is 13.3. The summed E-state index contributed by atoms with van der Waals surface area (Å²) in [6, 6.07) is 0.326. The van der Waals surface area contributed by atoms with Crippen LogP contribution in [0.5, 0.6) is 0 Å². The van der Waals surface area contributed by atoms with Gasteiger partial charge in [-0.25, -0.2) is 0 Å². The Labute approximate surface area is 121 Å². The maximum Gasteiger partial charge on any atom is 0.134 e. The topological polar surface area (TPSA) is 37.8 Å². The zero-order valence-electron chi connectivity index (χ0n) is 12.5. The van der Waals surface area contributed by atoms with Crippen LogP contribution in [-0.4, -0.2) is 17.2 Å². The van der Waals surface area contributed by atoms with E-state index in [1.807, 2.05) is 7.05 Å². The summed E-state index contributed by atoms with van der Waals surface area (Å²) in [7, 11) is 1.98. The van der Waals surface area contributed by atoms with E-state index in [-0.39, 0.29) is 0 Å². The first kappa shape index (κ1) is 14.9. The van der Waals surface area contributed by atoms with Crippen molar-refractivity contribution in [3.63, 3.8) is 0 Å². The first-order valence-electron chi connectivity index (χ1n) is 7.75. The smallest absolute Gasteiger partial charge is 0.134 e. The minimum Gasteiger partial charge on any atom is -0.311 e. The molecule has 0 aromatic carbocycles. The van der Waals surface area contributed by atoms with Crippen molar-refractivity contribution in [2.24, 2.45) is 5.92 Å². The van der Waals surface area contributed by atoms with Gasteiger partial charge in [-0.15, -0.1) is 10.2 Å². The standard InChI is InChI=1S/C15H27N3S/c1-4-5-6-12-7-9-13(10-8-12)15-18-17-14(19-15)11(2)16-3/h11-13,16H,4-10H2,1-3H3. The Morgan fingerprint density at radius 2 is 2.00 bits per heavy atom. The van der Waals surface area contributed by atoms with Gasteiger partial charge < -0.3 is 5.32 Å². The van der Waals surface area contributed by atoms with Crippen LogP contribution in [0.4, 0.5) is 0 Å². The largest absolute Gasteiger partial charge is 0.311 e. The SMILES string of the molecule is CCCCC1CCC(c2nnc(C(C)NC)s2)CC1. The maximum atomic E-state index is 4.42. The van der Waals surface area contributed by atoms with Gasteiger partial charge in [0.1, 0.15) is 10.0 Å². The van der Waals surface area contributed by atoms with Gasteiger partial charge in [0, 0.05) is 5.92 Å². The van der Waals surface area contributed by atoms with Gasteiger partial charge in [-0.3, -0.25) is 0 Å². The molecular formula is C15H27N3S. The fourth-order valence-corrected chi connectivity index (χ4v) is 3.98. The van der Waals surface area contributed by atoms with E-state index >= 15 is 0 Å². The molecule has 1 fully saturated rings. The normalized spacial score (nSPS) is 25.4. The number of nitrogens with one attached hydrogen (secondary N) is 1. The van der Waals surface area contributed by atoms with E-state index in [0.717, 1.165) is 10.9 Å². The Kier molecular flexibility index (Phi) is 5.76. The molecule has 1 N–H and O–H groups in total. The average Bonchev–Trinajstić information content (AvgIpc) is 2.94. The number of hydrogen-bond acceptors (Lipinski definition) is 4. The molecule has 0 radical (unpaired) electrons. The molecule has 0 amide bonds. The molecule has 1 atom stereocenters. The molecule has 1 aliphatic carbocycles. The molecule has 2 rings (SSSR count). The predicted octanol–water partition coefficient (Wildman–Crippen LogP) is 4.28. The van der Waals surface area contributed by atoms with Gasteiger partial charge in [0.15, 0.2) is 0 Å². The van der Waals surface area contributed by atoms with Crippen molar-refractivity contribution in [3.05, 3.63) is 10.0 Å². The van der Waals surface area contributed by atoms with Gasteiger partial charge in [-0.05, 0) is 45.6 Å². The molecular weight excluding hydrogens is 254 g/mol. The third-order valence-electron chi connectivity index (χ3n) is 4.42. The van der Waals surface area contributed by atoms with E-state index in [1.165, 1.54) is 50.0 Å². The second kappa shape index (κ2) is 7.34. The number of nitrogens with zero attached hydrogens (tertiary/aromatic N) is 2. The lowest BCUT2D eigenvalue weighted by Crippen LogP contribution is -2.13. The van der Waals surface area contributed by atoms with E-state index in [1.54, 1.807) is 11.3 Å². The van der Waals surface area contributed by atoms with Gasteiger partial charge in [0.25, 0.3) is 0 Å². The first-order chi connectivity index (χ1) is 9.24. The monoisotopic (exact) mass is 281 g/mol. The van der Waals surface area contributed by atoms with Crippen LogP contribution in [-0.2, 0) is 0 Å². The predicted molar refractivity (Wildman–Crippen MR) is 81.6 cm³/mol. The molecule has 0 saturated heterocycles. The minimum atomic E-state index is 0.326. The van der Waals surface area contributed by atoms with Gasteiger partial charge in [-0.2, -0.15) is 0 Å². The lowest BCUT2D eigenvalue weighted by molar-refractivity contribution is 0.303. The molecule has 0 spiro atoms. The van der Waals surface area contributed by atoms with Crippen molar-refractivity contribution in [1.82, 2.24) is 15.5 Å². The number of aromatic nitrogens is 2. The highest BCUT2D eigenvalue weighted by molar-refractivity contribution is 7.11. The van der Waals surface area contributed by atoms with Gasteiger partial charge in [-0.1, -0.05) is 37.5 Å². The van der Waals surface area contributed by atoms with Gasteiger partial charge >= 0.3 is 0 Å². The molecule has 1 aromatic heterocycles. The minimum absolute atomic E-state index is 0.326. The van der Waals surface area contributed by atoms with Crippen molar-refractivity contribution in [2.75, 3.05) is 7.05 Å². The number of rotatable bonds is 6. The van der Waals surface area contributed by atoms with Gasteiger partial charge in [0.2, 0.25) is 0 Å². The van der Waals surface area contributed by atoms with Gasteiger partial charge in [0.05, 0.1) is 6.04 Å². The highest BCUT2D eigenvalue weighted by Gasteiger charge is 2.25. The van der Waals surface area contributed by atoms with Crippen molar-refractivity contribution in [2.45, 2.75) is 70.8 Å². The molecule has 19 heavy (non-hydrogen) atoms. The molecule has 3 nitrogen and oxygen atoms in total. The second-order valence-corrected chi connectivity index (χ2v) is 6.89. The lowest BCUT2D eigenvalue weighted by atomic mass is 9.80. The molecule has 1 heterocycles. The quantitative estimate of drug-likeness (QED) is 0.845. The summed E-state index contributed by atoms with van der Waals surface area (Å²) in [6.07, 6.45) is 9.58. The summed E-state index contributed by atoms with van der Waals surface area (Å²) in [6.45, 7) is 4.43. The highest BCUT2D eigenvalue weighted by Crippen LogP contribution is 2.39. The fraction of sp³-hybridized carbons (Fsp3) is 0.867. The lowest BCUT2D eigenvalue weighted by Gasteiger charge is -2.26. The molecule has 1 saturated carbocycles. The van der Waals surface area contributed by atoms with E-state index in [0.29, 0.717) is 12.0 Å². The summed E-state index contributed by atoms with van der Waals surface area (Å²) in [5.74, 6) is 1.65. The maximum absolute atomic E-state index is 4.42. The summed E-state index contributed by atoms with van der Waals surface area (Å²) < 4.78 is 0. The highest BCUT2D eigenvalue weighted by atomic mass is 32.1. The first-order valence-corrected chi connectivity index (χ1v) is 8.56. The van der Waals surface area contributed by atoms with Crippen molar-refractivity contribution in [1.29, 1.82) is 0 Å². The van der Waals surface area contributed by atoms with Crippen LogP contribution < -0.4 is 5.32 Å². The molecule has 1 aromatic rings. The number of unbranched alkanes of at least 4 members (excludes halogenated alkanes) is 1. The third-order valence-corrected chi connectivity index (χ3v) is 5.69. The van der Waals surface area contributed by atoms with Crippen LogP contribution in [0.1, 0.15) is 80.8 Å². The van der Waals surface area contributed by atoms with E-state index in [2.05, 4.69) is 29.4 Å². The molecule has 108 valence electrons. The molecule has 0 bridgehead atoms. The molecule has 4 heteroatoms. The van der Waals surface area contributed by atoms with Crippen LogP contribution in [0.2, 0.25) is 0 Å². The average molecular weight is 281 g/mol. The van der Waals surface area contributed by atoms with Crippen molar-refractivity contribution in [3.8, 4) is 0 Å². The zero-order chi connectivity index (χ0) is 13.7. The molecule has 0 aliphatic heterocycles. The van der Waals surface area contributed by atoms with Crippen molar-refractivity contribution >= 4 is 11.3 Å². The number of hydrogen-bond donors (Lipinski definition) is 1. The second-order valence-electron chi connectivity index (χ2n) is 5.85. The van der Waals surface area contributed by atoms with Crippen LogP contribution in [0.3, 0.4) is 0 Å². The third kappa shape index (κ3) is 3.99. The molecule has 1 unspecified atom stereocenters. The summed E-state index contributed by atoms with van der Waals surface area (Å²) >= 11 is 1.81. The van der Waals surface area contributed by atoms with Crippen LogP contribution in [0.15, 0.2) is 0 Å². The Bertz CT molecular complexity index is 369. The molecule has 1 aliphatic rings. The fourth-order valence-electron chi connectivity index (χ4n) is 2.90. The Morgan fingerprint density at radius 3 is 2.63 bits per heavy atom. The van der Waals surface area contributed by atoms with E-state index in [9.17, 15) is 0 Å². The summed E-state index contributed by atoms with van der Waals surface area (Å²) in [5, 5.41) is 14.4. The Hall–Kier alpha value is -0.480. The van der Waals surface area contributed by atoms with Crippen LogP contribution in [0, 0.1) is 5.92 Å². The summed E-state index contributed by atoms with van der Waals surface area (Å²) in [5.41, 5.74) is 0. The van der Waals surface area contributed by atoms with E-state index in [4.69, 9.17) is 0 Å². The summed E-state index contributed by atoms with van der Waals surface area (Å²) in [4.78, 5) is 0. The van der Waals surface area contributed by atoms with Crippen LogP contribution >= 0.6 is 11.3 Å². The van der Waals surface area contributed by atoms with Crippen molar-refractivity contribution < 1.29 is 0 Å².